The molecule has 124 valence electrons. The summed E-state index contributed by atoms with van der Waals surface area (Å²) >= 11 is 11.9. The van der Waals surface area contributed by atoms with Crippen LogP contribution in [0.4, 0.5) is 0 Å². The van der Waals surface area contributed by atoms with Crippen LogP contribution in [0.5, 0.6) is 0 Å². The van der Waals surface area contributed by atoms with Gasteiger partial charge in [0.1, 0.15) is 0 Å². The number of nitrogens with zero attached hydrogens (tertiary/aromatic N) is 1. The molecule has 0 saturated carbocycles. The van der Waals surface area contributed by atoms with Gasteiger partial charge in [0.15, 0.2) is 9.84 Å². The molecular weight excluding hydrogens is 347 g/mol. The molecule has 1 aromatic rings. The molecule has 0 aromatic heterocycles. The first-order chi connectivity index (χ1) is 10.2. The predicted molar refractivity (Wildman–Crippen MR) is 89.7 cm³/mol. The highest BCUT2D eigenvalue weighted by molar-refractivity contribution is 7.90. The first kappa shape index (κ1) is 19.2. The summed E-state index contributed by atoms with van der Waals surface area (Å²) in [6, 6.07) is 2.49. The Morgan fingerprint density at radius 2 is 1.77 bits per heavy atom. The molecule has 1 amide bonds. The van der Waals surface area contributed by atoms with Gasteiger partial charge in [0.25, 0.3) is 5.91 Å². The fourth-order valence-electron chi connectivity index (χ4n) is 1.95. The lowest BCUT2D eigenvalue weighted by Crippen LogP contribution is -2.35. The number of benzene rings is 1. The fraction of sp³-hybridized carbons (Fsp3) is 0.500. The molecule has 1 rings (SSSR count). The van der Waals surface area contributed by atoms with E-state index in [4.69, 9.17) is 23.2 Å². The molecule has 0 spiro atoms. The average molecular weight is 367 g/mol. The van der Waals surface area contributed by atoms with Crippen molar-refractivity contribution in [1.82, 2.24) is 10.2 Å². The van der Waals surface area contributed by atoms with E-state index in [1.165, 1.54) is 12.1 Å². The monoisotopic (exact) mass is 366 g/mol. The van der Waals surface area contributed by atoms with E-state index in [1.54, 1.807) is 0 Å². The molecule has 0 atom stereocenters. The Hall–Kier alpha value is -0.820. The smallest absolute Gasteiger partial charge is 0.252 e. The number of sulfone groups is 1. The number of amides is 1. The van der Waals surface area contributed by atoms with E-state index in [-0.39, 0.29) is 20.5 Å². The van der Waals surface area contributed by atoms with E-state index in [0.717, 1.165) is 19.3 Å². The van der Waals surface area contributed by atoms with Gasteiger partial charge in [0.2, 0.25) is 0 Å². The topological polar surface area (TPSA) is 66.5 Å². The fourth-order valence-corrected chi connectivity index (χ4v) is 3.58. The summed E-state index contributed by atoms with van der Waals surface area (Å²) in [4.78, 5) is 14.2. The molecule has 0 saturated heterocycles. The van der Waals surface area contributed by atoms with Crippen LogP contribution in [0, 0.1) is 0 Å². The maximum absolute atomic E-state index is 12.2. The number of hydrogen-bond donors (Lipinski definition) is 1. The molecule has 8 heteroatoms. The standard InChI is InChI=1S/C14H20Cl2N2O3S/c1-4-18(5-2)7-6-17-14(19)10-8-13(22(3,20)21)12(16)9-11(10)15/h8-9H,4-7H2,1-3H3,(H,17,19). The van der Waals surface area contributed by atoms with Crippen LogP contribution in [0.3, 0.4) is 0 Å². The quantitative estimate of drug-likeness (QED) is 0.804. The number of halogens is 2. The number of likely N-dealkylation sites (N-methyl/N-ethyl adjacent to an activating group) is 1. The van der Waals surface area contributed by atoms with Crippen LogP contribution < -0.4 is 5.32 Å². The van der Waals surface area contributed by atoms with Gasteiger partial charge < -0.3 is 10.2 Å². The Labute approximate surface area is 141 Å². The second-order valence-electron chi connectivity index (χ2n) is 4.82. The first-order valence-electron chi connectivity index (χ1n) is 6.90. The molecule has 0 unspecified atom stereocenters. The third-order valence-corrected chi connectivity index (χ3v) is 5.15. The second kappa shape index (κ2) is 8.15. The zero-order chi connectivity index (χ0) is 16.9. The third-order valence-electron chi connectivity index (χ3n) is 3.27. The molecule has 0 aliphatic carbocycles. The predicted octanol–water partition coefficient (Wildman–Crippen LogP) is 2.47. The van der Waals surface area contributed by atoms with Gasteiger partial charge in [-0.05, 0) is 25.2 Å². The molecular formula is C14H20Cl2N2O3S. The summed E-state index contributed by atoms with van der Waals surface area (Å²) in [5.74, 6) is -0.418. The molecule has 5 nitrogen and oxygen atoms in total. The minimum Gasteiger partial charge on any atom is -0.351 e. The molecule has 0 bridgehead atoms. The highest BCUT2D eigenvalue weighted by Crippen LogP contribution is 2.28. The van der Waals surface area contributed by atoms with Gasteiger partial charge in [-0.25, -0.2) is 8.42 Å². The zero-order valence-electron chi connectivity index (χ0n) is 12.8. The highest BCUT2D eigenvalue weighted by Gasteiger charge is 2.19. The van der Waals surface area contributed by atoms with E-state index >= 15 is 0 Å². The van der Waals surface area contributed by atoms with E-state index in [0.29, 0.717) is 13.1 Å². The summed E-state index contributed by atoms with van der Waals surface area (Å²) in [6.45, 7) is 7.04. The summed E-state index contributed by atoms with van der Waals surface area (Å²) in [6.07, 6.45) is 1.03. The Kier molecular flexibility index (Phi) is 7.12. The van der Waals surface area contributed by atoms with Crippen molar-refractivity contribution in [3.05, 3.63) is 27.7 Å². The van der Waals surface area contributed by atoms with E-state index in [1.807, 2.05) is 13.8 Å². The number of carbonyl (C=O) groups excluding carboxylic acids is 1. The minimum atomic E-state index is -3.53. The van der Waals surface area contributed by atoms with Crippen LogP contribution in [0.1, 0.15) is 24.2 Å². The Balaban J connectivity index is 2.90. The largest absolute Gasteiger partial charge is 0.351 e. The van der Waals surface area contributed by atoms with Crippen molar-refractivity contribution in [2.45, 2.75) is 18.7 Å². The zero-order valence-corrected chi connectivity index (χ0v) is 15.1. The Morgan fingerprint density at radius 3 is 2.27 bits per heavy atom. The third kappa shape index (κ3) is 5.12. The normalized spacial score (nSPS) is 11.7. The summed E-state index contributed by atoms with van der Waals surface area (Å²) in [5.41, 5.74) is 0.103. The average Bonchev–Trinajstić information content (AvgIpc) is 2.42. The van der Waals surface area contributed by atoms with Crippen LogP contribution in [-0.2, 0) is 9.84 Å². The van der Waals surface area contributed by atoms with Crippen LogP contribution in [0.25, 0.3) is 0 Å². The molecule has 1 aromatic carbocycles. The summed E-state index contributed by atoms with van der Waals surface area (Å²) < 4.78 is 23.3. The second-order valence-corrected chi connectivity index (χ2v) is 7.62. The van der Waals surface area contributed by atoms with Crippen LogP contribution >= 0.6 is 23.2 Å². The maximum Gasteiger partial charge on any atom is 0.252 e. The number of hydrogen-bond acceptors (Lipinski definition) is 4. The molecule has 1 N–H and O–H groups in total. The molecule has 0 aliphatic rings. The lowest BCUT2D eigenvalue weighted by Gasteiger charge is -2.18. The van der Waals surface area contributed by atoms with E-state index in [9.17, 15) is 13.2 Å². The van der Waals surface area contributed by atoms with Gasteiger partial charge in [-0.1, -0.05) is 37.0 Å². The van der Waals surface area contributed by atoms with Crippen molar-refractivity contribution in [3.8, 4) is 0 Å². The SMILES string of the molecule is CCN(CC)CCNC(=O)c1cc(S(C)(=O)=O)c(Cl)cc1Cl. The first-order valence-corrected chi connectivity index (χ1v) is 9.55. The van der Waals surface area contributed by atoms with Crippen molar-refractivity contribution < 1.29 is 13.2 Å². The van der Waals surface area contributed by atoms with Gasteiger partial charge in [0.05, 0.1) is 20.5 Å². The summed E-state index contributed by atoms with van der Waals surface area (Å²) in [5, 5.41) is 2.86. The molecule has 0 heterocycles. The minimum absolute atomic E-state index is 0.00666. The van der Waals surface area contributed by atoms with E-state index in [2.05, 4.69) is 10.2 Å². The van der Waals surface area contributed by atoms with E-state index < -0.39 is 15.7 Å². The van der Waals surface area contributed by atoms with Gasteiger partial charge in [-0.3, -0.25) is 4.79 Å². The van der Waals surface area contributed by atoms with Crippen molar-refractivity contribution >= 4 is 38.9 Å². The maximum atomic E-state index is 12.2. The van der Waals surface area contributed by atoms with Crippen molar-refractivity contribution in [2.75, 3.05) is 32.4 Å². The summed E-state index contributed by atoms with van der Waals surface area (Å²) in [7, 11) is -3.53. The molecule has 0 aliphatic heterocycles. The van der Waals surface area contributed by atoms with Gasteiger partial charge in [0, 0.05) is 19.3 Å². The lowest BCUT2D eigenvalue weighted by molar-refractivity contribution is 0.0949. The highest BCUT2D eigenvalue weighted by atomic mass is 35.5. The van der Waals surface area contributed by atoms with Crippen molar-refractivity contribution in [3.63, 3.8) is 0 Å². The molecule has 0 radical (unpaired) electrons. The van der Waals surface area contributed by atoms with Gasteiger partial charge in [-0.15, -0.1) is 0 Å². The van der Waals surface area contributed by atoms with Gasteiger partial charge in [-0.2, -0.15) is 0 Å². The molecule has 22 heavy (non-hydrogen) atoms. The Bertz CT molecular complexity index is 644. The Morgan fingerprint density at radius 1 is 1.18 bits per heavy atom. The lowest BCUT2D eigenvalue weighted by atomic mass is 10.2. The van der Waals surface area contributed by atoms with Crippen molar-refractivity contribution in [1.29, 1.82) is 0 Å². The van der Waals surface area contributed by atoms with Crippen LogP contribution in [0.15, 0.2) is 17.0 Å². The number of rotatable bonds is 7. The van der Waals surface area contributed by atoms with Crippen LogP contribution in [-0.4, -0.2) is 51.7 Å². The number of carbonyl (C=O) groups is 1. The van der Waals surface area contributed by atoms with Gasteiger partial charge >= 0.3 is 0 Å². The molecule has 0 fully saturated rings. The number of nitrogens with one attached hydrogen (secondary N) is 1. The van der Waals surface area contributed by atoms with Crippen molar-refractivity contribution in [2.24, 2.45) is 0 Å². The van der Waals surface area contributed by atoms with Crippen LogP contribution in [0.2, 0.25) is 10.0 Å².